The Hall–Kier alpha value is -1.79. The third-order valence-electron chi connectivity index (χ3n) is 1.68. The van der Waals surface area contributed by atoms with Crippen LogP contribution < -0.4 is 5.73 Å². The quantitative estimate of drug-likeness (QED) is 0.681. The van der Waals surface area contributed by atoms with Crippen LogP contribution in [0, 0.1) is 0 Å². The van der Waals surface area contributed by atoms with E-state index in [1.165, 1.54) is 0 Å². The van der Waals surface area contributed by atoms with Gasteiger partial charge in [0.1, 0.15) is 0 Å². The number of nitrogens with one attached hydrogen (secondary N) is 1. The second-order valence-electron chi connectivity index (χ2n) is 2.71. The lowest BCUT2D eigenvalue weighted by Crippen LogP contribution is -2.05. The summed E-state index contributed by atoms with van der Waals surface area (Å²) in [6.45, 7) is 0. The van der Waals surface area contributed by atoms with Crippen molar-refractivity contribution in [2.45, 2.75) is 6.18 Å². The number of pyridine rings is 1. The van der Waals surface area contributed by atoms with Gasteiger partial charge in [-0.15, -0.1) is 0 Å². The standard InChI is InChI=1S/C7H5F3N4/c8-7(9,10)3-1-4-5(12-2-3)14-6(11)13-4/h1-2H,(H3,11,12,13,14). The van der Waals surface area contributed by atoms with Gasteiger partial charge >= 0.3 is 6.18 Å². The molecule has 0 spiro atoms. The zero-order chi connectivity index (χ0) is 10.3. The van der Waals surface area contributed by atoms with Gasteiger partial charge in [-0.05, 0) is 6.07 Å². The van der Waals surface area contributed by atoms with Crippen LogP contribution in [0.25, 0.3) is 11.2 Å². The molecule has 2 aromatic heterocycles. The van der Waals surface area contributed by atoms with Gasteiger partial charge in [0.05, 0.1) is 11.1 Å². The molecular weight excluding hydrogens is 197 g/mol. The van der Waals surface area contributed by atoms with E-state index in [9.17, 15) is 13.2 Å². The smallest absolute Gasteiger partial charge is 0.369 e. The van der Waals surface area contributed by atoms with Gasteiger partial charge in [-0.25, -0.2) is 4.98 Å². The first-order valence-electron chi connectivity index (χ1n) is 3.65. The lowest BCUT2D eigenvalue weighted by Gasteiger charge is -2.04. The lowest BCUT2D eigenvalue weighted by atomic mass is 10.2. The van der Waals surface area contributed by atoms with Gasteiger partial charge in [-0.3, -0.25) is 0 Å². The van der Waals surface area contributed by atoms with Crippen LogP contribution in [0.3, 0.4) is 0 Å². The van der Waals surface area contributed by atoms with Gasteiger partial charge in [0, 0.05) is 6.20 Å². The van der Waals surface area contributed by atoms with Crippen LogP contribution in [-0.2, 0) is 6.18 Å². The zero-order valence-corrected chi connectivity index (χ0v) is 6.76. The Morgan fingerprint density at radius 1 is 1.36 bits per heavy atom. The molecule has 0 bridgehead atoms. The average Bonchev–Trinajstić information content (AvgIpc) is 2.41. The largest absolute Gasteiger partial charge is 0.417 e. The van der Waals surface area contributed by atoms with Crippen molar-refractivity contribution in [3.63, 3.8) is 0 Å². The maximum Gasteiger partial charge on any atom is 0.417 e. The molecule has 3 N–H and O–H groups in total. The van der Waals surface area contributed by atoms with Crippen LogP contribution in [0.4, 0.5) is 19.1 Å². The second-order valence-corrected chi connectivity index (χ2v) is 2.71. The maximum absolute atomic E-state index is 12.2. The van der Waals surface area contributed by atoms with E-state index in [2.05, 4.69) is 15.0 Å². The van der Waals surface area contributed by atoms with Crippen molar-refractivity contribution in [2.24, 2.45) is 0 Å². The van der Waals surface area contributed by atoms with Crippen molar-refractivity contribution in [3.05, 3.63) is 17.8 Å². The SMILES string of the molecule is Nc1nc2ncc(C(F)(F)F)cc2[nH]1. The van der Waals surface area contributed by atoms with Crippen molar-refractivity contribution in [2.75, 3.05) is 5.73 Å². The summed E-state index contributed by atoms with van der Waals surface area (Å²) in [5, 5.41) is 0. The predicted molar refractivity (Wildman–Crippen MR) is 43.3 cm³/mol. The van der Waals surface area contributed by atoms with E-state index in [4.69, 9.17) is 5.73 Å². The Labute approximate surface area is 76.0 Å². The maximum atomic E-state index is 12.2. The lowest BCUT2D eigenvalue weighted by molar-refractivity contribution is -0.137. The molecule has 14 heavy (non-hydrogen) atoms. The molecule has 0 aromatic carbocycles. The molecule has 0 atom stereocenters. The van der Waals surface area contributed by atoms with Crippen LogP contribution in [-0.4, -0.2) is 15.0 Å². The van der Waals surface area contributed by atoms with E-state index in [-0.39, 0.29) is 17.1 Å². The third-order valence-corrected chi connectivity index (χ3v) is 1.68. The number of anilines is 1. The number of fused-ring (bicyclic) bond motifs is 1. The van der Waals surface area contributed by atoms with Crippen molar-refractivity contribution in [3.8, 4) is 0 Å². The number of hydrogen-bond donors (Lipinski definition) is 2. The predicted octanol–water partition coefficient (Wildman–Crippen LogP) is 1.56. The van der Waals surface area contributed by atoms with Crippen LogP contribution in [0.15, 0.2) is 12.3 Å². The van der Waals surface area contributed by atoms with Gasteiger partial charge in [0.25, 0.3) is 0 Å². The average molecular weight is 202 g/mol. The number of nitrogens with two attached hydrogens (primary N) is 1. The van der Waals surface area contributed by atoms with Gasteiger partial charge in [0.2, 0.25) is 0 Å². The summed E-state index contributed by atoms with van der Waals surface area (Å²) < 4.78 is 36.7. The molecule has 0 unspecified atom stereocenters. The molecule has 2 aromatic rings. The number of aromatic amines is 1. The Morgan fingerprint density at radius 3 is 2.71 bits per heavy atom. The molecule has 0 fully saturated rings. The number of nitrogen functional groups attached to an aromatic ring is 1. The molecule has 0 aliphatic rings. The van der Waals surface area contributed by atoms with Crippen LogP contribution in [0.5, 0.6) is 0 Å². The van der Waals surface area contributed by atoms with Crippen LogP contribution >= 0.6 is 0 Å². The highest BCUT2D eigenvalue weighted by Crippen LogP contribution is 2.29. The van der Waals surface area contributed by atoms with Crippen molar-refractivity contribution < 1.29 is 13.2 Å². The Bertz CT molecular complexity index is 473. The topological polar surface area (TPSA) is 67.6 Å². The third kappa shape index (κ3) is 1.36. The van der Waals surface area contributed by atoms with E-state index < -0.39 is 11.7 Å². The molecule has 7 heteroatoms. The number of alkyl halides is 3. The van der Waals surface area contributed by atoms with Crippen molar-refractivity contribution in [1.29, 1.82) is 0 Å². The molecule has 0 radical (unpaired) electrons. The molecule has 4 nitrogen and oxygen atoms in total. The van der Waals surface area contributed by atoms with Crippen molar-refractivity contribution >= 4 is 17.1 Å². The fourth-order valence-corrected chi connectivity index (χ4v) is 1.07. The first kappa shape index (κ1) is 8.79. The molecule has 2 heterocycles. The number of aromatic nitrogens is 3. The number of rotatable bonds is 0. The summed E-state index contributed by atoms with van der Waals surface area (Å²) in [5.41, 5.74) is 4.79. The summed E-state index contributed by atoms with van der Waals surface area (Å²) in [6.07, 6.45) is -3.68. The van der Waals surface area contributed by atoms with Gasteiger partial charge < -0.3 is 10.7 Å². The summed E-state index contributed by atoms with van der Waals surface area (Å²) >= 11 is 0. The monoisotopic (exact) mass is 202 g/mol. The van der Waals surface area contributed by atoms with E-state index in [1.807, 2.05) is 0 Å². The number of imidazole rings is 1. The fraction of sp³-hybridized carbons (Fsp3) is 0.143. The molecule has 0 aliphatic heterocycles. The summed E-state index contributed by atoms with van der Waals surface area (Å²) in [5.74, 6) is 0.0480. The molecule has 0 aliphatic carbocycles. The highest BCUT2D eigenvalue weighted by Gasteiger charge is 2.31. The Morgan fingerprint density at radius 2 is 2.07 bits per heavy atom. The minimum absolute atomic E-state index is 0.0480. The number of H-pyrrole nitrogens is 1. The van der Waals surface area contributed by atoms with Crippen LogP contribution in [0.2, 0.25) is 0 Å². The fourth-order valence-electron chi connectivity index (χ4n) is 1.07. The number of hydrogen-bond acceptors (Lipinski definition) is 3. The minimum atomic E-state index is -4.40. The molecule has 74 valence electrons. The molecular formula is C7H5F3N4. The summed E-state index contributed by atoms with van der Waals surface area (Å²) in [7, 11) is 0. The summed E-state index contributed by atoms with van der Waals surface area (Å²) in [6, 6.07) is 0.922. The zero-order valence-electron chi connectivity index (χ0n) is 6.76. The van der Waals surface area contributed by atoms with Gasteiger partial charge in [-0.1, -0.05) is 0 Å². The van der Waals surface area contributed by atoms with E-state index in [1.54, 1.807) is 0 Å². The minimum Gasteiger partial charge on any atom is -0.369 e. The Kier molecular flexibility index (Phi) is 1.63. The van der Waals surface area contributed by atoms with Gasteiger partial charge in [-0.2, -0.15) is 18.2 Å². The molecule has 0 amide bonds. The number of halogens is 3. The normalized spacial score (nSPS) is 12.2. The highest BCUT2D eigenvalue weighted by atomic mass is 19.4. The first-order valence-corrected chi connectivity index (χ1v) is 3.65. The van der Waals surface area contributed by atoms with E-state index >= 15 is 0 Å². The first-order chi connectivity index (χ1) is 6.47. The Balaban J connectivity index is 2.62. The number of nitrogens with zero attached hydrogens (tertiary/aromatic N) is 2. The molecule has 0 saturated heterocycles. The molecule has 2 rings (SSSR count). The highest BCUT2D eigenvalue weighted by molar-refractivity contribution is 5.73. The van der Waals surface area contributed by atoms with E-state index in [0.717, 1.165) is 12.3 Å². The second kappa shape index (κ2) is 2.60. The van der Waals surface area contributed by atoms with Crippen molar-refractivity contribution in [1.82, 2.24) is 15.0 Å². The van der Waals surface area contributed by atoms with E-state index in [0.29, 0.717) is 0 Å². The molecule has 0 saturated carbocycles. The van der Waals surface area contributed by atoms with Crippen LogP contribution in [0.1, 0.15) is 5.56 Å². The van der Waals surface area contributed by atoms with Gasteiger partial charge in [0.15, 0.2) is 11.6 Å². The summed E-state index contributed by atoms with van der Waals surface area (Å²) in [4.78, 5) is 9.68.